The zero-order chi connectivity index (χ0) is 23.1. The number of nitrogens with one attached hydrogen (secondary N) is 1. The maximum absolute atomic E-state index is 11.9. The second kappa shape index (κ2) is 10.4. The minimum atomic E-state index is -0.504. The van der Waals surface area contributed by atoms with Crippen LogP contribution in [0.1, 0.15) is 44.7 Å². The van der Waals surface area contributed by atoms with Gasteiger partial charge in [-0.2, -0.15) is 0 Å². The van der Waals surface area contributed by atoms with E-state index >= 15 is 0 Å². The Kier molecular flexibility index (Phi) is 7.57. The van der Waals surface area contributed by atoms with Crippen LogP contribution in [0.2, 0.25) is 0 Å². The number of hydrogen-bond acceptors (Lipinski definition) is 5. The van der Waals surface area contributed by atoms with Crippen molar-refractivity contribution in [3.05, 3.63) is 71.6 Å². The van der Waals surface area contributed by atoms with Crippen molar-refractivity contribution in [3.63, 3.8) is 0 Å². The molecule has 0 bridgehead atoms. The van der Waals surface area contributed by atoms with Gasteiger partial charge in [0.1, 0.15) is 17.1 Å². The molecule has 3 aromatic rings. The highest BCUT2D eigenvalue weighted by atomic mass is 16.6. The molecule has 3 rings (SSSR count). The molecule has 32 heavy (non-hydrogen) atoms. The predicted molar refractivity (Wildman–Crippen MR) is 125 cm³/mol. The summed E-state index contributed by atoms with van der Waals surface area (Å²) in [6.45, 7) is 9.94. The highest BCUT2D eigenvalue weighted by molar-refractivity contribution is 5.68. The summed E-state index contributed by atoms with van der Waals surface area (Å²) >= 11 is 0. The normalized spacial score (nSPS) is 12.3. The molecule has 6 heteroatoms. The Morgan fingerprint density at radius 1 is 1.09 bits per heavy atom. The lowest BCUT2D eigenvalue weighted by molar-refractivity contribution is 0.0508. The number of benzene rings is 2. The van der Waals surface area contributed by atoms with Crippen LogP contribution in [0.25, 0.3) is 11.5 Å². The lowest BCUT2D eigenvalue weighted by atomic mass is 10.1. The van der Waals surface area contributed by atoms with Crippen LogP contribution in [0.5, 0.6) is 5.75 Å². The number of amides is 1. The van der Waals surface area contributed by atoms with E-state index < -0.39 is 11.7 Å². The molecule has 0 radical (unpaired) electrons. The molecule has 1 atom stereocenters. The van der Waals surface area contributed by atoms with E-state index in [1.165, 1.54) is 0 Å². The Morgan fingerprint density at radius 3 is 2.44 bits per heavy atom. The molecule has 1 amide bonds. The van der Waals surface area contributed by atoms with Crippen molar-refractivity contribution in [3.8, 4) is 17.2 Å². The van der Waals surface area contributed by atoms with Gasteiger partial charge in [-0.05, 0) is 70.9 Å². The van der Waals surface area contributed by atoms with E-state index in [0.29, 0.717) is 25.3 Å². The molecule has 2 aromatic carbocycles. The van der Waals surface area contributed by atoms with Crippen molar-refractivity contribution in [2.45, 2.75) is 59.1 Å². The first-order valence-electron chi connectivity index (χ1n) is 10.9. The number of carbonyl (C=O) groups excluding carboxylic acids is 1. The maximum Gasteiger partial charge on any atom is 0.407 e. The van der Waals surface area contributed by atoms with Crippen LogP contribution in [0.15, 0.2) is 59.0 Å². The molecule has 0 spiro atoms. The van der Waals surface area contributed by atoms with Crippen LogP contribution in [0.3, 0.4) is 0 Å². The molecule has 6 nitrogen and oxygen atoms in total. The lowest BCUT2D eigenvalue weighted by Gasteiger charge is -2.22. The Bertz CT molecular complexity index is 1000. The number of rotatable bonds is 8. The summed E-state index contributed by atoms with van der Waals surface area (Å²) in [4.78, 5) is 16.5. The summed E-state index contributed by atoms with van der Waals surface area (Å²) in [7, 11) is 0. The van der Waals surface area contributed by atoms with Crippen LogP contribution < -0.4 is 10.1 Å². The SMILES string of the molecule is Cc1oc(-c2ccccc2)nc1CCOc1ccc(C[C@H](C)NC(=O)OC(C)(C)C)cc1. The number of aryl methyl sites for hydroxylation is 1. The second-order valence-electron chi connectivity index (χ2n) is 8.88. The number of aromatic nitrogens is 1. The highest BCUT2D eigenvalue weighted by Gasteiger charge is 2.18. The monoisotopic (exact) mass is 436 g/mol. The van der Waals surface area contributed by atoms with Crippen LogP contribution >= 0.6 is 0 Å². The maximum atomic E-state index is 11.9. The molecular weight excluding hydrogens is 404 g/mol. The van der Waals surface area contributed by atoms with E-state index in [4.69, 9.17) is 13.9 Å². The van der Waals surface area contributed by atoms with E-state index in [2.05, 4.69) is 10.3 Å². The Morgan fingerprint density at radius 2 is 1.78 bits per heavy atom. The summed E-state index contributed by atoms with van der Waals surface area (Å²) in [6, 6.07) is 17.7. The fraction of sp³-hybridized carbons (Fsp3) is 0.385. The fourth-order valence-corrected chi connectivity index (χ4v) is 3.26. The molecule has 0 aliphatic rings. The smallest absolute Gasteiger partial charge is 0.407 e. The molecule has 170 valence electrons. The van der Waals surface area contributed by atoms with E-state index in [0.717, 1.165) is 28.3 Å². The number of alkyl carbamates (subject to hydrolysis) is 1. The first-order chi connectivity index (χ1) is 15.2. The Balaban J connectivity index is 1.46. The second-order valence-corrected chi connectivity index (χ2v) is 8.88. The topological polar surface area (TPSA) is 73.6 Å². The zero-order valence-corrected chi connectivity index (χ0v) is 19.5. The molecule has 1 N–H and O–H groups in total. The third-order valence-electron chi connectivity index (χ3n) is 4.75. The number of hydrogen-bond donors (Lipinski definition) is 1. The van der Waals surface area contributed by atoms with Gasteiger partial charge in [0, 0.05) is 18.0 Å². The third kappa shape index (κ3) is 7.15. The lowest BCUT2D eigenvalue weighted by Crippen LogP contribution is -2.38. The van der Waals surface area contributed by atoms with Gasteiger partial charge in [0.2, 0.25) is 5.89 Å². The third-order valence-corrected chi connectivity index (χ3v) is 4.75. The van der Waals surface area contributed by atoms with Gasteiger partial charge in [0.15, 0.2) is 0 Å². The van der Waals surface area contributed by atoms with Crippen LogP contribution in [0.4, 0.5) is 4.79 Å². The molecule has 0 saturated heterocycles. The number of nitrogens with zero attached hydrogens (tertiary/aromatic N) is 1. The minimum absolute atomic E-state index is 0.0365. The van der Waals surface area contributed by atoms with Crippen LogP contribution in [-0.4, -0.2) is 29.3 Å². The average Bonchev–Trinajstić information content (AvgIpc) is 3.09. The van der Waals surface area contributed by atoms with E-state index in [1.54, 1.807) is 0 Å². The van der Waals surface area contributed by atoms with Gasteiger partial charge in [-0.3, -0.25) is 0 Å². The average molecular weight is 437 g/mol. The molecular formula is C26H32N2O4. The summed E-state index contributed by atoms with van der Waals surface area (Å²) in [6.07, 6.45) is 0.976. The molecule has 0 fully saturated rings. The van der Waals surface area contributed by atoms with Gasteiger partial charge >= 0.3 is 6.09 Å². The molecule has 1 aromatic heterocycles. The Labute approximate surface area is 190 Å². The molecule has 0 aliphatic carbocycles. The van der Waals surface area contributed by atoms with Crippen LogP contribution in [0, 0.1) is 6.92 Å². The van der Waals surface area contributed by atoms with Gasteiger partial charge in [0.05, 0.1) is 12.3 Å². The van der Waals surface area contributed by atoms with Crippen LogP contribution in [-0.2, 0) is 17.6 Å². The van der Waals surface area contributed by atoms with E-state index in [-0.39, 0.29) is 6.04 Å². The summed E-state index contributed by atoms with van der Waals surface area (Å²) < 4.78 is 17.0. The highest BCUT2D eigenvalue weighted by Crippen LogP contribution is 2.22. The van der Waals surface area contributed by atoms with Crippen molar-refractivity contribution in [1.82, 2.24) is 10.3 Å². The summed E-state index contributed by atoms with van der Waals surface area (Å²) in [5.41, 5.74) is 2.48. The summed E-state index contributed by atoms with van der Waals surface area (Å²) in [5, 5.41) is 2.86. The molecule has 1 heterocycles. The first kappa shape index (κ1) is 23.4. The minimum Gasteiger partial charge on any atom is -0.493 e. The van der Waals surface area contributed by atoms with Crippen molar-refractivity contribution in [2.75, 3.05) is 6.61 Å². The number of oxazole rings is 1. The predicted octanol–water partition coefficient (Wildman–Crippen LogP) is 5.73. The van der Waals surface area contributed by atoms with Gasteiger partial charge in [-0.25, -0.2) is 9.78 Å². The summed E-state index contributed by atoms with van der Waals surface area (Å²) in [5.74, 6) is 2.25. The largest absolute Gasteiger partial charge is 0.493 e. The van der Waals surface area contributed by atoms with E-state index in [1.807, 2.05) is 89.2 Å². The van der Waals surface area contributed by atoms with Crippen molar-refractivity contribution >= 4 is 6.09 Å². The van der Waals surface area contributed by atoms with Gasteiger partial charge in [0.25, 0.3) is 0 Å². The van der Waals surface area contributed by atoms with Gasteiger partial charge in [-0.1, -0.05) is 30.3 Å². The molecule has 0 unspecified atom stereocenters. The van der Waals surface area contributed by atoms with Crippen molar-refractivity contribution in [1.29, 1.82) is 0 Å². The molecule has 0 saturated carbocycles. The van der Waals surface area contributed by atoms with Gasteiger partial charge in [-0.15, -0.1) is 0 Å². The number of carbonyl (C=O) groups is 1. The standard InChI is InChI=1S/C26H32N2O4/c1-18(27-25(29)32-26(3,4)5)17-20-11-13-22(14-12-20)30-16-15-23-19(2)31-24(28-23)21-9-7-6-8-10-21/h6-14,18H,15-17H2,1-5H3,(H,27,29)/t18-/m0/s1. The Hall–Kier alpha value is -3.28. The van der Waals surface area contributed by atoms with Crippen molar-refractivity contribution in [2.24, 2.45) is 0 Å². The zero-order valence-electron chi connectivity index (χ0n) is 19.5. The fourth-order valence-electron chi connectivity index (χ4n) is 3.26. The van der Waals surface area contributed by atoms with Crippen molar-refractivity contribution < 1.29 is 18.7 Å². The molecule has 0 aliphatic heterocycles. The van der Waals surface area contributed by atoms with Gasteiger partial charge < -0.3 is 19.2 Å². The number of ether oxygens (including phenoxy) is 2. The quantitative estimate of drug-likeness (QED) is 0.488. The first-order valence-corrected chi connectivity index (χ1v) is 10.9. The van der Waals surface area contributed by atoms with E-state index in [9.17, 15) is 4.79 Å².